The standard InChI is InChI=1S/C15H20N2O3/c18-14(8-5-9-15(19)20)16-12-6-1-2-7-13(12)17-10-3-4-11-17/h1-2,6-7H,3-5,8-11H2,(H,16,18)(H,19,20). The second-order valence-electron chi connectivity index (χ2n) is 5.01. The minimum Gasteiger partial charge on any atom is -0.481 e. The van der Waals surface area contributed by atoms with Crippen molar-refractivity contribution in [3.8, 4) is 0 Å². The van der Waals surface area contributed by atoms with E-state index in [1.807, 2.05) is 24.3 Å². The summed E-state index contributed by atoms with van der Waals surface area (Å²) in [6, 6.07) is 7.76. The van der Waals surface area contributed by atoms with Crippen LogP contribution in [0.15, 0.2) is 24.3 Å². The number of aliphatic carboxylic acids is 1. The first-order valence-corrected chi connectivity index (χ1v) is 7.02. The number of nitrogens with zero attached hydrogens (tertiary/aromatic N) is 1. The second-order valence-corrected chi connectivity index (χ2v) is 5.01. The van der Waals surface area contributed by atoms with Crippen molar-refractivity contribution in [2.75, 3.05) is 23.3 Å². The number of carbonyl (C=O) groups excluding carboxylic acids is 1. The van der Waals surface area contributed by atoms with Crippen molar-refractivity contribution < 1.29 is 14.7 Å². The first-order valence-electron chi connectivity index (χ1n) is 7.02. The van der Waals surface area contributed by atoms with Gasteiger partial charge in [0.25, 0.3) is 0 Å². The molecule has 1 fully saturated rings. The number of rotatable bonds is 6. The molecule has 0 aliphatic carbocycles. The summed E-state index contributed by atoms with van der Waals surface area (Å²) in [5.41, 5.74) is 1.87. The molecule has 0 unspecified atom stereocenters. The molecule has 2 N–H and O–H groups in total. The highest BCUT2D eigenvalue weighted by Gasteiger charge is 2.16. The molecule has 1 heterocycles. The summed E-state index contributed by atoms with van der Waals surface area (Å²) in [6.07, 6.45) is 3.00. The Labute approximate surface area is 118 Å². The lowest BCUT2D eigenvalue weighted by molar-refractivity contribution is -0.137. The van der Waals surface area contributed by atoms with Crippen molar-refractivity contribution >= 4 is 23.3 Å². The van der Waals surface area contributed by atoms with Gasteiger partial charge in [-0.05, 0) is 31.4 Å². The van der Waals surface area contributed by atoms with Crippen molar-refractivity contribution in [3.05, 3.63) is 24.3 Å². The van der Waals surface area contributed by atoms with Crippen molar-refractivity contribution in [2.24, 2.45) is 0 Å². The number of amides is 1. The number of carboxylic acid groups (broad SMARTS) is 1. The molecule has 5 heteroatoms. The quantitative estimate of drug-likeness (QED) is 0.837. The van der Waals surface area contributed by atoms with E-state index < -0.39 is 5.97 Å². The van der Waals surface area contributed by atoms with E-state index in [0.717, 1.165) is 24.5 Å². The molecule has 0 spiro atoms. The summed E-state index contributed by atoms with van der Waals surface area (Å²) in [7, 11) is 0. The van der Waals surface area contributed by atoms with Crippen LogP contribution in [0.5, 0.6) is 0 Å². The van der Waals surface area contributed by atoms with Gasteiger partial charge in [0.2, 0.25) is 5.91 Å². The number of nitrogens with one attached hydrogen (secondary N) is 1. The predicted molar refractivity (Wildman–Crippen MR) is 78.0 cm³/mol. The van der Waals surface area contributed by atoms with Gasteiger partial charge >= 0.3 is 5.97 Å². The summed E-state index contributed by atoms with van der Waals surface area (Å²) in [5.74, 6) is -0.992. The van der Waals surface area contributed by atoms with E-state index >= 15 is 0 Å². The largest absolute Gasteiger partial charge is 0.481 e. The molecule has 0 saturated carbocycles. The van der Waals surface area contributed by atoms with Crippen molar-refractivity contribution in [2.45, 2.75) is 32.1 Å². The summed E-state index contributed by atoms with van der Waals surface area (Å²) in [5, 5.41) is 11.5. The van der Waals surface area contributed by atoms with Gasteiger partial charge in [0.1, 0.15) is 0 Å². The van der Waals surface area contributed by atoms with Crippen molar-refractivity contribution in [1.29, 1.82) is 0 Å². The normalized spacial score (nSPS) is 14.3. The molecule has 0 aromatic heterocycles. The zero-order valence-electron chi connectivity index (χ0n) is 11.5. The molecular formula is C15H20N2O3. The van der Waals surface area contributed by atoms with E-state index in [9.17, 15) is 9.59 Å². The van der Waals surface area contributed by atoms with Crippen LogP contribution in [-0.4, -0.2) is 30.1 Å². The van der Waals surface area contributed by atoms with Crippen molar-refractivity contribution in [3.63, 3.8) is 0 Å². The molecule has 1 saturated heterocycles. The Kier molecular flexibility index (Phi) is 4.98. The summed E-state index contributed by atoms with van der Waals surface area (Å²) < 4.78 is 0. The maximum absolute atomic E-state index is 11.8. The molecule has 1 amide bonds. The summed E-state index contributed by atoms with van der Waals surface area (Å²) in [6.45, 7) is 2.04. The van der Waals surface area contributed by atoms with Gasteiger partial charge < -0.3 is 15.3 Å². The Morgan fingerprint density at radius 2 is 1.85 bits per heavy atom. The van der Waals surface area contributed by atoms with Gasteiger partial charge in [-0.1, -0.05) is 12.1 Å². The van der Waals surface area contributed by atoms with Gasteiger partial charge in [-0.2, -0.15) is 0 Å². The monoisotopic (exact) mass is 276 g/mol. The molecule has 1 aromatic rings. The fraction of sp³-hybridized carbons (Fsp3) is 0.467. The minimum absolute atomic E-state index is 0.0290. The van der Waals surface area contributed by atoms with Gasteiger partial charge in [-0.15, -0.1) is 0 Å². The third-order valence-electron chi connectivity index (χ3n) is 3.42. The molecule has 20 heavy (non-hydrogen) atoms. The van der Waals surface area contributed by atoms with Gasteiger partial charge in [-0.3, -0.25) is 9.59 Å². The number of para-hydroxylation sites is 2. The Bertz CT molecular complexity index is 482. The van der Waals surface area contributed by atoms with E-state index in [1.54, 1.807) is 0 Å². The molecule has 108 valence electrons. The average molecular weight is 276 g/mol. The lowest BCUT2D eigenvalue weighted by Crippen LogP contribution is -2.21. The van der Waals surface area contributed by atoms with E-state index in [1.165, 1.54) is 12.8 Å². The van der Waals surface area contributed by atoms with E-state index in [2.05, 4.69) is 10.2 Å². The van der Waals surface area contributed by atoms with Gasteiger partial charge in [-0.25, -0.2) is 0 Å². The molecular weight excluding hydrogens is 256 g/mol. The van der Waals surface area contributed by atoms with Crippen LogP contribution in [0, 0.1) is 0 Å². The van der Waals surface area contributed by atoms with Crippen LogP contribution in [0.1, 0.15) is 32.1 Å². The second kappa shape index (κ2) is 6.93. The van der Waals surface area contributed by atoms with Gasteiger partial charge in [0.15, 0.2) is 0 Å². The Morgan fingerprint density at radius 1 is 1.15 bits per heavy atom. The van der Waals surface area contributed by atoms with Crippen LogP contribution >= 0.6 is 0 Å². The first-order chi connectivity index (χ1) is 9.66. The predicted octanol–water partition coefficient (Wildman–Crippen LogP) is 2.48. The lowest BCUT2D eigenvalue weighted by atomic mass is 10.2. The Hall–Kier alpha value is -2.04. The fourth-order valence-electron chi connectivity index (χ4n) is 2.43. The lowest BCUT2D eigenvalue weighted by Gasteiger charge is -2.21. The topological polar surface area (TPSA) is 69.6 Å². The zero-order chi connectivity index (χ0) is 14.4. The summed E-state index contributed by atoms with van der Waals surface area (Å²) >= 11 is 0. The van der Waals surface area contributed by atoms with Crippen molar-refractivity contribution in [1.82, 2.24) is 0 Å². The SMILES string of the molecule is O=C(O)CCCC(=O)Nc1ccccc1N1CCCC1. The first kappa shape index (κ1) is 14.4. The number of carbonyl (C=O) groups is 2. The van der Waals surface area contributed by atoms with Crippen LogP contribution in [0.2, 0.25) is 0 Å². The molecule has 0 bridgehead atoms. The minimum atomic E-state index is -0.865. The molecule has 5 nitrogen and oxygen atoms in total. The molecule has 1 aliphatic heterocycles. The van der Waals surface area contributed by atoms with E-state index in [0.29, 0.717) is 6.42 Å². The van der Waals surface area contributed by atoms with Gasteiger partial charge in [0, 0.05) is 25.9 Å². The highest BCUT2D eigenvalue weighted by Crippen LogP contribution is 2.28. The van der Waals surface area contributed by atoms with Crippen LogP contribution in [0.25, 0.3) is 0 Å². The van der Waals surface area contributed by atoms with Crippen LogP contribution in [0.3, 0.4) is 0 Å². The highest BCUT2D eigenvalue weighted by molar-refractivity contribution is 5.94. The maximum Gasteiger partial charge on any atom is 0.303 e. The summed E-state index contributed by atoms with van der Waals surface area (Å²) in [4.78, 5) is 24.5. The number of anilines is 2. The number of benzene rings is 1. The maximum atomic E-state index is 11.8. The average Bonchev–Trinajstić information content (AvgIpc) is 2.92. The Balaban J connectivity index is 1.94. The smallest absolute Gasteiger partial charge is 0.303 e. The molecule has 0 radical (unpaired) electrons. The van der Waals surface area contributed by atoms with Crippen LogP contribution in [0.4, 0.5) is 11.4 Å². The van der Waals surface area contributed by atoms with Gasteiger partial charge in [0.05, 0.1) is 11.4 Å². The fourth-order valence-corrected chi connectivity index (χ4v) is 2.43. The number of hydrogen-bond donors (Lipinski definition) is 2. The number of hydrogen-bond acceptors (Lipinski definition) is 3. The molecule has 0 atom stereocenters. The van der Waals surface area contributed by atoms with Crippen LogP contribution < -0.4 is 10.2 Å². The number of carboxylic acids is 1. The molecule has 1 aromatic carbocycles. The van der Waals surface area contributed by atoms with E-state index in [-0.39, 0.29) is 18.7 Å². The van der Waals surface area contributed by atoms with Crippen LogP contribution in [-0.2, 0) is 9.59 Å². The highest BCUT2D eigenvalue weighted by atomic mass is 16.4. The third-order valence-corrected chi connectivity index (χ3v) is 3.42. The molecule has 2 rings (SSSR count). The van der Waals surface area contributed by atoms with E-state index in [4.69, 9.17) is 5.11 Å². The zero-order valence-corrected chi connectivity index (χ0v) is 11.5. The third kappa shape index (κ3) is 3.98. The molecule has 1 aliphatic rings. The Morgan fingerprint density at radius 3 is 2.55 bits per heavy atom.